The number of nitrogens with one attached hydrogen (secondary N) is 1. The monoisotopic (exact) mass is 792 g/mol. The van der Waals surface area contributed by atoms with E-state index in [0.29, 0.717) is 21.9 Å². The fourth-order valence-electron chi connectivity index (χ4n) is 9.08. The zero-order chi connectivity index (χ0) is 39.8. The number of primary amides is 1. The summed E-state index contributed by atoms with van der Waals surface area (Å²) in [7, 11) is 0. The number of piperidine rings is 3. The lowest BCUT2D eigenvalue weighted by Crippen LogP contribution is -2.54. The zero-order valence-electron chi connectivity index (χ0n) is 31.6. The van der Waals surface area contributed by atoms with Crippen molar-refractivity contribution in [1.29, 1.82) is 5.26 Å². The molecular weight excluding hydrogens is 748 g/mol. The van der Waals surface area contributed by atoms with Crippen molar-refractivity contribution in [2.24, 2.45) is 5.73 Å². The summed E-state index contributed by atoms with van der Waals surface area (Å²) in [5, 5.41) is 11.8. The van der Waals surface area contributed by atoms with Crippen molar-refractivity contribution in [3.05, 3.63) is 87.4 Å². The van der Waals surface area contributed by atoms with Gasteiger partial charge in [-0.15, -0.1) is 0 Å². The number of nitrogens with zero attached hydrogens (tertiary/aromatic N) is 4. The second-order valence-electron chi connectivity index (χ2n) is 15.7. The van der Waals surface area contributed by atoms with Gasteiger partial charge in [0.15, 0.2) is 0 Å². The summed E-state index contributed by atoms with van der Waals surface area (Å²) in [5.41, 5.74) is 10.3. The molecule has 57 heavy (non-hydrogen) atoms. The Morgan fingerprint density at radius 2 is 1.39 bits per heavy atom. The molecule has 4 heterocycles. The van der Waals surface area contributed by atoms with Crippen molar-refractivity contribution in [2.45, 2.75) is 94.5 Å². The first kappa shape index (κ1) is 38.4. The van der Waals surface area contributed by atoms with Crippen LogP contribution in [-0.4, -0.2) is 85.0 Å². The van der Waals surface area contributed by atoms with Gasteiger partial charge in [0, 0.05) is 55.6 Å². The maximum Gasteiger partial charge on any atom is 0.262 e. The summed E-state index contributed by atoms with van der Waals surface area (Å²) in [6.45, 7) is 3.16. The minimum atomic E-state index is -0.987. The molecule has 296 valence electrons. The van der Waals surface area contributed by atoms with Crippen molar-refractivity contribution >= 4 is 52.5 Å². The predicted molar refractivity (Wildman–Crippen MR) is 211 cm³/mol. The van der Waals surface area contributed by atoms with Crippen LogP contribution in [0.3, 0.4) is 0 Å². The number of fused-ring (bicyclic) bond motifs is 1. The molecule has 1 unspecified atom stereocenters. The zero-order valence-corrected chi connectivity index (χ0v) is 32.3. The topological polar surface area (TPSA) is 175 Å². The maximum absolute atomic E-state index is 13.3. The van der Waals surface area contributed by atoms with Crippen molar-refractivity contribution in [3.8, 4) is 11.8 Å². The van der Waals surface area contributed by atoms with E-state index in [0.717, 1.165) is 99.4 Å². The SMILES string of the molecule is N#Cc1ccc(OC2CCC(c3cc(N4CCC(OC5CCN(c6ccc7c(c6)C(=O)N(C6CCC(=O)NC6=O)C7=O)CC5)CC4)ccc3C(N)=O)CC2)cc1Cl. The molecular formula is C43H45ClN6O7. The average molecular weight is 793 g/mol. The Morgan fingerprint density at radius 3 is 2.00 bits per heavy atom. The number of anilines is 2. The number of benzene rings is 3. The standard InChI is InChI=1S/C43H45ClN6O7/c44-37-23-32(8-3-26(37)24-45)57-29-6-1-25(2-7-29)35-21-27(4-9-33(35)40(46)52)48-17-13-30(14-18-48)56-31-15-19-49(20-16-31)28-5-10-34-36(22-28)43(55)50(42(34)54)38-11-12-39(51)47-41(38)53/h3-5,8-10,21-23,25,29-31,38H,1-2,6-7,11-20H2,(H2,46,52)(H,47,51,53). The van der Waals surface area contributed by atoms with Gasteiger partial charge in [-0.1, -0.05) is 11.6 Å². The first-order chi connectivity index (χ1) is 27.6. The van der Waals surface area contributed by atoms with E-state index in [1.165, 1.54) is 0 Å². The van der Waals surface area contributed by atoms with Crippen molar-refractivity contribution in [1.82, 2.24) is 10.2 Å². The van der Waals surface area contributed by atoms with E-state index in [1.807, 2.05) is 18.2 Å². The minimum absolute atomic E-state index is 0.0216. The molecule has 5 aliphatic rings. The van der Waals surface area contributed by atoms with E-state index in [4.69, 9.17) is 32.1 Å². The third-order valence-electron chi connectivity index (χ3n) is 12.2. The molecule has 5 amide bonds. The molecule has 1 atom stereocenters. The lowest BCUT2D eigenvalue weighted by molar-refractivity contribution is -0.136. The van der Waals surface area contributed by atoms with Crippen LogP contribution in [-0.2, 0) is 14.3 Å². The largest absolute Gasteiger partial charge is 0.490 e. The van der Waals surface area contributed by atoms with Gasteiger partial charge in [0.05, 0.1) is 40.0 Å². The number of hydrogen-bond donors (Lipinski definition) is 2. The van der Waals surface area contributed by atoms with Gasteiger partial charge in [-0.2, -0.15) is 5.26 Å². The fourth-order valence-corrected chi connectivity index (χ4v) is 9.29. The quantitative estimate of drug-likeness (QED) is 0.265. The van der Waals surface area contributed by atoms with Crippen LogP contribution in [0, 0.1) is 11.3 Å². The van der Waals surface area contributed by atoms with Crippen LogP contribution in [0.25, 0.3) is 0 Å². The van der Waals surface area contributed by atoms with Gasteiger partial charge in [0.1, 0.15) is 17.9 Å². The molecule has 0 spiro atoms. The highest BCUT2D eigenvalue weighted by molar-refractivity contribution is 6.31. The van der Waals surface area contributed by atoms with E-state index in [2.05, 4.69) is 27.3 Å². The molecule has 3 aromatic rings. The number of rotatable bonds is 9. The van der Waals surface area contributed by atoms with Crippen molar-refractivity contribution < 1.29 is 33.4 Å². The first-order valence-corrected chi connectivity index (χ1v) is 20.2. The van der Waals surface area contributed by atoms with Gasteiger partial charge in [-0.05, 0) is 118 Å². The number of halogens is 1. The van der Waals surface area contributed by atoms with Gasteiger partial charge >= 0.3 is 0 Å². The first-order valence-electron chi connectivity index (χ1n) is 19.9. The van der Waals surface area contributed by atoms with E-state index in [-0.39, 0.29) is 48.2 Å². The van der Waals surface area contributed by atoms with E-state index in [1.54, 1.807) is 30.3 Å². The maximum atomic E-state index is 13.3. The van der Waals surface area contributed by atoms with Crippen LogP contribution in [0.1, 0.15) is 112 Å². The van der Waals surface area contributed by atoms with E-state index >= 15 is 0 Å². The van der Waals surface area contributed by atoms with Gasteiger partial charge in [0.2, 0.25) is 17.7 Å². The van der Waals surface area contributed by atoms with Crippen LogP contribution in [0.15, 0.2) is 54.6 Å². The summed E-state index contributed by atoms with van der Waals surface area (Å²) >= 11 is 6.21. The third kappa shape index (κ3) is 7.93. The van der Waals surface area contributed by atoms with Crippen LogP contribution >= 0.6 is 11.6 Å². The minimum Gasteiger partial charge on any atom is -0.490 e. The fraction of sp³-hybridized carbons (Fsp3) is 0.442. The van der Waals surface area contributed by atoms with E-state index < -0.39 is 35.6 Å². The van der Waals surface area contributed by atoms with Gasteiger partial charge in [0.25, 0.3) is 11.8 Å². The molecule has 8 rings (SSSR count). The van der Waals surface area contributed by atoms with Crippen LogP contribution < -0.4 is 25.6 Å². The number of hydrogen-bond acceptors (Lipinski definition) is 10. The lowest BCUT2D eigenvalue weighted by Gasteiger charge is -2.39. The smallest absolute Gasteiger partial charge is 0.262 e. The predicted octanol–water partition coefficient (Wildman–Crippen LogP) is 5.47. The molecule has 1 aliphatic carbocycles. The number of amides is 5. The molecule has 4 aliphatic heterocycles. The molecule has 0 bridgehead atoms. The number of imide groups is 2. The second kappa shape index (κ2) is 16.2. The number of ether oxygens (including phenoxy) is 2. The van der Waals surface area contributed by atoms with Crippen LogP contribution in [0.5, 0.6) is 5.75 Å². The molecule has 0 radical (unpaired) electrons. The lowest BCUT2D eigenvalue weighted by atomic mass is 9.80. The van der Waals surface area contributed by atoms with Crippen LogP contribution in [0.4, 0.5) is 11.4 Å². The Morgan fingerprint density at radius 1 is 0.754 bits per heavy atom. The average Bonchev–Trinajstić information content (AvgIpc) is 3.46. The number of carbonyl (C=O) groups is 5. The molecule has 13 nitrogen and oxygen atoms in total. The van der Waals surface area contributed by atoms with Crippen LogP contribution in [0.2, 0.25) is 5.02 Å². The Labute approximate surface area is 336 Å². The molecule has 1 saturated carbocycles. The van der Waals surface area contributed by atoms with Crippen molar-refractivity contribution in [3.63, 3.8) is 0 Å². The molecule has 4 fully saturated rings. The highest BCUT2D eigenvalue weighted by Crippen LogP contribution is 2.39. The molecule has 14 heteroatoms. The Balaban J connectivity index is 0.822. The number of nitriles is 1. The molecule has 0 aromatic heterocycles. The van der Waals surface area contributed by atoms with Gasteiger partial charge in [-0.25, -0.2) is 0 Å². The Hall–Kier alpha value is -5.45. The van der Waals surface area contributed by atoms with Gasteiger partial charge in [-0.3, -0.25) is 34.2 Å². The summed E-state index contributed by atoms with van der Waals surface area (Å²) in [6, 6.07) is 17.5. The summed E-state index contributed by atoms with van der Waals surface area (Å²) in [4.78, 5) is 68.6. The Bertz CT molecular complexity index is 2150. The number of nitrogens with two attached hydrogens (primary N) is 1. The van der Waals surface area contributed by atoms with Crippen molar-refractivity contribution in [2.75, 3.05) is 36.0 Å². The molecule has 3 N–H and O–H groups in total. The highest BCUT2D eigenvalue weighted by atomic mass is 35.5. The number of carbonyl (C=O) groups excluding carboxylic acids is 5. The summed E-state index contributed by atoms with van der Waals surface area (Å²) in [6.07, 6.45) is 7.30. The second-order valence-corrected chi connectivity index (χ2v) is 16.1. The molecule has 3 saturated heterocycles. The molecule has 3 aromatic carbocycles. The van der Waals surface area contributed by atoms with E-state index in [9.17, 15) is 24.0 Å². The highest BCUT2D eigenvalue weighted by Gasteiger charge is 2.45. The van der Waals surface area contributed by atoms with Gasteiger partial charge < -0.3 is 25.0 Å². The summed E-state index contributed by atoms with van der Waals surface area (Å²) < 4.78 is 12.8. The summed E-state index contributed by atoms with van der Waals surface area (Å²) in [5.74, 6) is -1.61. The third-order valence-corrected chi connectivity index (χ3v) is 12.5. The normalized spacial score (nSPS) is 23.3. The Kier molecular flexibility index (Phi) is 10.9.